The standard InChI is InChI=1S/C26H36O3S2/c1-6-25(18(2)3)26(19(4)5)20-7-9-21(10-8-20)27-15-23(29-14-22-13-28-22)16-31-24-11-12-30-17-24/h7-12,17-19,22-23H,6,13-16H2,1-5H3/b26-25-. The third-order valence-electron chi connectivity index (χ3n) is 5.45. The van der Waals surface area contributed by atoms with E-state index in [-0.39, 0.29) is 12.2 Å². The summed E-state index contributed by atoms with van der Waals surface area (Å²) in [5.74, 6) is 2.83. The van der Waals surface area contributed by atoms with Crippen molar-refractivity contribution in [1.82, 2.24) is 0 Å². The molecule has 1 saturated heterocycles. The molecule has 1 fully saturated rings. The van der Waals surface area contributed by atoms with E-state index in [4.69, 9.17) is 14.2 Å². The molecule has 0 aliphatic carbocycles. The summed E-state index contributed by atoms with van der Waals surface area (Å²) in [5, 5.41) is 4.28. The zero-order chi connectivity index (χ0) is 22.2. The molecule has 2 unspecified atom stereocenters. The molecule has 0 N–H and O–H groups in total. The Morgan fingerprint density at radius 1 is 1.13 bits per heavy atom. The second-order valence-corrected chi connectivity index (χ2v) is 10.5. The van der Waals surface area contributed by atoms with Crippen LogP contribution in [-0.2, 0) is 9.47 Å². The van der Waals surface area contributed by atoms with E-state index in [1.54, 1.807) is 16.9 Å². The van der Waals surface area contributed by atoms with Gasteiger partial charge in [-0.25, -0.2) is 0 Å². The average Bonchev–Trinajstić information content (AvgIpc) is 3.43. The van der Waals surface area contributed by atoms with Gasteiger partial charge in [0.1, 0.15) is 24.6 Å². The van der Waals surface area contributed by atoms with Gasteiger partial charge in [-0.1, -0.05) is 52.3 Å². The van der Waals surface area contributed by atoms with Gasteiger partial charge in [0.15, 0.2) is 0 Å². The van der Waals surface area contributed by atoms with E-state index in [0.717, 1.165) is 24.5 Å². The Morgan fingerprint density at radius 2 is 1.87 bits per heavy atom. The Labute approximate surface area is 196 Å². The maximum Gasteiger partial charge on any atom is 0.119 e. The zero-order valence-corrected chi connectivity index (χ0v) is 21.1. The maximum atomic E-state index is 6.13. The Bertz CT molecular complexity index is 806. The van der Waals surface area contributed by atoms with E-state index in [2.05, 4.69) is 75.7 Å². The van der Waals surface area contributed by atoms with Gasteiger partial charge in [0.05, 0.1) is 13.2 Å². The maximum absolute atomic E-state index is 6.13. The Hall–Kier alpha value is -1.27. The second kappa shape index (κ2) is 12.1. The fourth-order valence-electron chi connectivity index (χ4n) is 3.79. The lowest BCUT2D eigenvalue weighted by atomic mass is 9.85. The highest BCUT2D eigenvalue weighted by Gasteiger charge is 2.24. The van der Waals surface area contributed by atoms with Crippen LogP contribution in [0.4, 0.5) is 0 Å². The minimum absolute atomic E-state index is 0.0348. The summed E-state index contributed by atoms with van der Waals surface area (Å²) in [5.41, 5.74) is 4.33. The first-order valence-electron chi connectivity index (χ1n) is 11.3. The normalized spacial score (nSPS) is 17.7. The number of benzene rings is 1. The fourth-order valence-corrected chi connectivity index (χ4v) is 5.57. The van der Waals surface area contributed by atoms with Crippen molar-refractivity contribution < 1.29 is 14.2 Å². The molecule has 2 atom stereocenters. The van der Waals surface area contributed by atoms with Crippen LogP contribution < -0.4 is 4.74 Å². The van der Waals surface area contributed by atoms with Crippen molar-refractivity contribution in [2.24, 2.45) is 11.8 Å². The van der Waals surface area contributed by atoms with Gasteiger partial charge >= 0.3 is 0 Å². The number of allylic oxidation sites excluding steroid dienone is 2. The molecule has 0 amide bonds. The summed E-state index contributed by atoms with van der Waals surface area (Å²) in [7, 11) is 0. The third-order valence-corrected chi connectivity index (χ3v) is 7.41. The van der Waals surface area contributed by atoms with Crippen LogP contribution in [0.3, 0.4) is 0 Å². The van der Waals surface area contributed by atoms with Crippen molar-refractivity contribution in [3.63, 3.8) is 0 Å². The largest absolute Gasteiger partial charge is 0.491 e. The predicted octanol–water partition coefficient (Wildman–Crippen LogP) is 7.18. The lowest BCUT2D eigenvalue weighted by Gasteiger charge is -2.22. The molecule has 2 aromatic rings. The summed E-state index contributed by atoms with van der Waals surface area (Å²) in [6, 6.07) is 10.8. The summed E-state index contributed by atoms with van der Waals surface area (Å²) in [4.78, 5) is 1.29. The average molecular weight is 461 g/mol. The molecule has 1 aliphatic heterocycles. The Balaban J connectivity index is 1.62. The molecular formula is C26H36O3S2. The van der Waals surface area contributed by atoms with Crippen LogP contribution in [0.25, 0.3) is 5.57 Å². The van der Waals surface area contributed by atoms with Gasteiger partial charge in [0.25, 0.3) is 0 Å². The van der Waals surface area contributed by atoms with Crippen LogP contribution in [-0.4, -0.2) is 37.8 Å². The zero-order valence-electron chi connectivity index (χ0n) is 19.4. The quantitative estimate of drug-likeness (QED) is 0.234. The molecular weight excluding hydrogens is 424 g/mol. The fraction of sp³-hybridized carbons (Fsp3) is 0.538. The molecule has 31 heavy (non-hydrogen) atoms. The number of rotatable bonds is 13. The molecule has 5 heteroatoms. The van der Waals surface area contributed by atoms with E-state index in [9.17, 15) is 0 Å². The van der Waals surface area contributed by atoms with Gasteiger partial charge in [0.2, 0.25) is 0 Å². The van der Waals surface area contributed by atoms with Gasteiger partial charge in [-0.05, 0) is 53.0 Å². The molecule has 0 spiro atoms. The molecule has 2 heterocycles. The highest BCUT2D eigenvalue weighted by molar-refractivity contribution is 7.99. The van der Waals surface area contributed by atoms with Gasteiger partial charge in [0, 0.05) is 16.0 Å². The van der Waals surface area contributed by atoms with Crippen molar-refractivity contribution in [3.05, 3.63) is 52.2 Å². The summed E-state index contributed by atoms with van der Waals surface area (Å²) in [6.07, 6.45) is 1.39. The van der Waals surface area contributed by atoms with Crippen molar-refractivity contribution in [2.45, 2.75) is 58.1 Å². The van der Waals surface area contributed by atoms with Crippen LogP contribution in [0.1, 0.15) is 46.6 Å². The second-order valence-electron chi connectivity index (χ2n) is 8.62. The highest BCUT2D eigenvalue weighted by Crippen LogP contribution is 2.33. The smallest absolute Gasteiger partial charge is 0.119 e. The van der Waals surface area contributed by atoms with Gasteiger partial charge < -0.3 is 14.2 Å². The van der Waals surface area contributed by atoms with Crippen LogP contribution in [0.2, 0.25) is 0 Å². The van der Waals surface area contributed by atoms with Crippen LogP contribution >= 0.6 is 23.1 Å². The SMILES string of the molecule is CC/C(=C(/c1ccc(OCC(CSc2ccsc2)OCC2CO2)cc1)C(C)C)C(C)C. The molecule has 170 valence electrons. The monoisotopic (exact) mass is 460 g/mol. The summed E-state index contributed by atoms with van der Waals surface area (Å²) < 4.78 is 17.5. The van der Waals surface area contributed by atoms with Crippen molar-refractivity contribution in [3.8, 4) is 5.75 Å². The molecule has 1 aliphatic rings. The number of hydrogen-bond acceptors (Lipinski definition) is 5. The van der Waals surface area contributed by atoms with Crippen molar-refractivity contribution >= 4 is 28.7 Å². The molecule has 0 saturated carbocycles. The molecule has 3 nitrogen and oxygen atoms in total. The van der Waals surface area contributed by atoms with Crippen molar-refractivity contribution in [2.75, 3.05) is 25.6 Å². The number of thiophene rings is 1. The first-order valence-corrected chi connectivity index (χ1v) is 13.2. The van der Waals surface area contributed by atoms with E-state index in [1.165, 1.54) is 16.0 Å². The van der Waals surface area contributed by atoms with E-state index in [0.29, 0.717) is 25.0 Å². The lowest BCUT2D eigenvalue weighted by molar-refractivity contribution is 0.0270. The molecule has 1 aromatic carbocycles. The van der Waals surface area contributed by atoms with Crippen LogP contribution in [0.5, 0.6) is 5.75 Å². The predicted molar refractivity (Wildman–Crippen MR) is 133 cm³/mol. The van der Waals surface area contributed by atoms with Gasteiger partial charge in [-0.15, -0.1) is 11.8 Å². The first kappa shape index (κ1) is 24.4. The topological polar surface area (TPSA) is 31.0 Å². The molecule has 1 aromatic heterocycles. The Morgan fingerprint density at radius 3 is 2.42 bits per heavy atom. The lowest BCUT2D eigenvalue weighted by Crippen LogP contribution is -2.26. The van der Waals surface area contributed by atoms with Crippen LogP contribution in [0.15, 0.2) is 51.6 Å². The molecule has 0 bridgehead atoms. The highest BCUT2D eigenvalue weighted by atomic mass is 32.2. The van der Waals surface area contributed by atoms with Crippen LogP contribution in [0, 0.1) is 11.8 Å². The third kappa shape index (κ3) is 7.67. The van der Waals surface area contributed by atoms with Gasteiger partial charge in [-0.3, -0.25) is 0 Å². The van der Waals surface area contributed by atoms with E-state index in [1.807, 2.05) is 11.8 Å². The summed E-state index contributed by atoms with van der Waals surface area (Å²) in [6.45, 7) is 13.4. The summed E-state index contributed by atoms with van der Waals surface area (Å²) >= 11 is 3.54. The van der Waals surface area contributed by atoms with E-state index < -0.39 is 0 Å². The number of epoxide rings is 1. The first-order chi connectivity index (χ1) is 15.0. The Kier molecular flexibility index (Phi) is 9.51. The number of hydrogen-bond donors (Lipinski definition) is 0. The number of ether oxygens (including phenoxy) is 3. The molecule has 3 rings (SSSR count). The van der Waals surface area contributed by atoms with E-state index >= 15 is 0 Å². The minimum Gasteiger partial charge on any atom is -0.491 e. The van der Waals surface area contributed by atoms with Gasteiger partial charge in [-0.2, -0.15) is 11.3 Å². The van der Waals surface area contributed by atoms with Crippen molar-refractivity contribution in [1.29, 1.82) is 0 Å². The minimum atomic E-state index is 0.0348. The number of thioether (sulfide) groups is 1. The molecule has 0 radical (unpaired) electrons.